The minimum Gasteiger partial charge on any atom is -0.497 e. The van der Waals surface area contributed by atoms with E-state index < -0.39 is 0 Å². The molecule has 0 radical (unpaired) electrons. The van der Waals surface area contributed by atoms with E-state index in [9.17, 15) is 0 Å². The van der Waals surface area contributed by atoms with Crippen LogP contribution in [0, 0.1) is 0 Å². The van der Waals surface area contributed by atoms with Gasteiger partial charge in [-0.25, -0.2) is 0 Å². The average Bonchev–Trinajstić information content (AvgIpc) is 2.49. The Balaban J connectivity index is 2.14. The maximum atomic E-state index is 5.94. The Bertz CT molecular complexity index is 564. The lowest BCUT2D eigenvalue weighted by molar-refractivity contribution is 0.413. The van der Waals surface area contributed by atoms with Crippen LogP contribution >= 0.6 is 0 Å². The van der Waals surface area contributed by atoms with Gasteiger partial charge in [-0.1, -0.05) is 26.0 Å². The molecule has 0 bridgehead atoms. The predicted octanol–water partition coefficient (Wildman–Crippen LogP) is 4.58. The maximum Gasteiger partial charge on any atom is 0.150 e. The molecule has 3 nitrogen and oxygen atoms in total. The van der Waals surface area contributed by atoms with Crippen molar-refractivity contribution in [3.05, 3.63) is 48.0 Å². The first-order valence-corrected chi connectivity index (χ1v) is 6.85. The summed E-state index contributed by atoms with van der Waals surface area (Å²) < 4.78 is 10.9. The number of anilines is 1. The summed E-state index contributed by atoms with van der Waals surface area (Å²) in [5.41, 5.74) is 7.83. The highest BCUT2D eigenvalue weighted by Crippen LogP contribution is 2.31. The molecule has 0 aliphatic heterocycles. The summed E-state index contributed by atoms with van der Waals surface area (Å²) in [5, 5.41) is 0. The lowest BCUT2D eigenvalue weighted by atomic mass is 9.99. The Labute approximate surface area is 120 Å². The van der Waals surface area contributed by atoms with Gasteiger partial charge < -0.3 is 15.2 Å². The Hall–Kier alpha value is -2.16. The van der Waals surface area contributed by atoms with Crippen LogP contribution in [0.25, 0.3) is 0 Å². The van der Waals surface area contributed by atoms with Crippen LogP contribution in [0.2, 0.25) is 0 Å². The van der Waals surface area contributed by atoms with Crippen molar-refractivity contribution >= 4 is 5.69 Å². The quantitative estimate of drug-likeness (QED) is 0.809. The van der Waals surface area contributed by atoms with E-state index in [1.54, 1.807) is 13.2 Å². The summed E-state index contributed by atoms with van der Waals surface area (Å²) in [6, 6.07) is 13.6. The minimum absolute atomic E-state index is 0.565. The predicted molar refractivity (Wildman–Crippen MR) is 82.6 cm³/mol. The van der Waals surface area contributed by atoms with Crippen molar-refractivity contribution in [2.24, 2.45) is 0 Å². The molecule has 0 aliphatic carbocycles. The summed E-state index contributed by atoms with van der Waals surface area (Å²) in [5.74, 6) is 2.72. The Morgan fingerprint density at radius 3 is 2.25 bits per heavy atom. The van der Waals surface area contributed by atoms with Gasteiger partial charge in [0.1, 0.15) is 11.5 Å². The number of nitrogens with two attached hydrogens (primary N) is 1. The lowest BCUT2D eigenvalue weighted by Gasteiger charge is -2.12. The zero-order valence-corrected chi connectivity index (χ0v) is 12.2. The van der Waals surface area contributed by atoms with E-state index in [2.05, 4.69) is 26.0 Å². The first kappa shape index (κ1) is 14.3. The lowest BCUT2D eigenvalue weighted by Crippen LogP contribution is -1.94. The second kappa shape index (κ2) is 6.33. The fraction of sp³-hybridized carbons (Fsp3) is 0.294. The van der Waals surface area contributed by atoms with Gasteiger partial charge >= 0.3 is 0 Å². The smallest absolute Gasteiger partial charge is 0.150 e. The normalized spacial score (nSPS) is 11.9. The molecule has 0 saturated heterocycles. The summed E-state index contributed by atoms with van der Waals surface area (Å²) in [4.78, 5) is 0. The van der Waals surface area contributed by atoms with Gasteiger partial charge in [0.05, 0.1) is 12.8 Å². The van der Waals surface area contributed by atoms with Crippen LogP contribution in [0.5, 0.6) is 17.2 Å². The summed E-state index contributed by atoms with van der Waals surface area (Å²) in [7, 11) is 1.61. The van der Waals surface area contributed by atoms with E-state index in [1.165, 1.54) is 5.56 Å². The van der Waals surface area contributed by atoms with Gasteiger partial charge in [0.25, 0.3) is 0 Å². The third-order valence-corrected chi connectivity index (χ3v) is 3.51. The Morgan fingerprint density at radius 2 is 1.70 bits per heavy atom. The maximum absolute atomic E-state index is 5.94. The third-order valence-electron chi connectivity index (χ3n) is 3.51. The first-order chi connectivity index (χ1) is 9.63. The molecule has 1 atom stereocenters. The van der Waals surface area contributed by atoms with Gasteiger partial charge in [0.15, 0.2) is 5.75 Å². The van der Waals surface area contributed by atoms with Crippen molar-refractivity contribution in [1.82, 2.24) is 0 Å². The molecule has 2 rings (SSSR count). The second-order valence-corrected chi connectivity index (χ2v) is 4.88. The van der Waals surface area contributed by atoms with Crippen molar-refractivity contribution in [2.45, 2.75) is 26.2 Å². The molecule has 0 aromatic heterocycles. The summed E-state index contributed by atoms with van der Waals surface area (Å²) in [6.45, 7) is 4.41. The number of nitrogen functional groups attached to an aromatic ring is 1. The van der Waals surface area contributed by atoms with Crippen LogP contribution in [0.3, 0.4) is 0 Å². The number of benzene rings is 2. The molecule has 0 spiro atoms. The van der Waals surface area contributed by atoms with Gasteiger partial charge in [-0.2, -0.15) is 0 Å². The van der Waals surface area contributed by atoms with Crippen LogP contribution in [-0.4, -0.2) is 7.11 Å². The van der Waals surface area contributed by atoms with E-state index in [1.807, 2.05) is 24.3 Å². The van der Waals surface area contributed by atoms with Gasteiger partial charge in [0, 0.05) is 6.07 Å². The van der Waals surface area contributed by atoms with Crippen LogP contribution in [0.4, 0.5) is 5.69 Å². The molecule has 0 saturated carbocycles. The Morgan fingerprint density at radius 1 is 1.05 bits per heavy atom. The van der Waals surface area contributed by atoms with Crippen molar-refractivity contribution in [2.75, 3.05) is 12.8 Å². The zero-order valence-electron chi connectivity index (χ0n) is 12.2. The van der Waals surface area contributed by atoms with Crippen LogP contribution in [0.1, 0.15) is 31.7 Å². The molecule has 0 amide bonds. The average molecular weight is 271 g/mol. The monoisotopic (exact) mass is 271 g/mol. The molecule has 0 aliphatic rings. The second-order valence-electron chi connectivity index (χ2n) is 4.88. The first-order valence-electron chi connectivity index (χ1n) is 6.85. The molecule has 20 heavy (non-hydrogen) atoms. The van der Waals surface area contributed by atoms with Crippen molar-refractivity contribution in [3.63, 3.8) is 0 Å². The summed E-state index contributed by atoms with van der Waals surface area (Å²) >= 11 is 0. The zero-order chi connectivity index (χ0) is 14.5. The molecule has 3 heteroatoms. The van der Waals surface area contributed by atoms with E-state index in [0.29, 0.717) is 17.4 Å². The standard InChI is InChI=1S/C17H21NO2/c1-4-12(2)13-5-7-14(8-6-13)20-17-10-9-15(19-3)11-16(17)18/h5-12H,4,18H2,1-3H3. The fourth-order valence-electron chi connectivity index (χ4n) is 1.97. The van der Waals surface area contributed by atoms with E-state index in [0.717, 1.165) is 17.9 Å². The largest absolute Gasteiger partial charge is 0.497 e. The number of ether oxygens (including phenoxy) is 2. The van der Waals surface area contributed by atoms with Crippen LogP contribution in [0.15, 0.2) is 42.5 Å². The van der Waals surface area contributed by atoms with E-state index in [4.69, 9.17) is 15.2 Å². The van der Waals surface area contributed by atoms with Crippen LogP contribution < -0.4 is 15.2 Å². The van der Waals surface area contributed by atoms with Gasteiger partial charge in [-0.05, 0) is 42.2 Å². The molecule has 106 valence electrons. The minimum atomic E-state index is 0.565. The van der Waals surface area contributed by atoms with Gasteiger partial charge in [-0.3, -0.25) is 0 Å². The number of rotatable bonds is 5. The highest BCUT2D eigenvalue weighted by molar-refractivity contribution is 5.57. The molecular formula is C17H21NO2. The SMILES string of the molecule is CCC(C)c1ccc(Oc2ccc(OC)cc2N)cc1. The van der Waals surface area contributed by atoms with Crippen molar-refractivity contribution < 1.29 is 9.47 Å². The van der Waals surface area contributed by atoms with Gasteiger partial charge in [0.2, 0.25) is 0 Å². The molecular weight excluding hydrogens is 250 g/mol. The highest BCUT2D eigenvalue weighted by Gasteiger charge is 2.06. The van der Waals surface area contributed by atoms with E-state index >= 15 is 0 Å². The van der Waals surface area contributed by atoms with Crippen LogP contribution in [-0.2, 0) is 0 Å². The van der Waals surface area contributed by atoms with E-state index in [-0.39, 0.29) is 0 Å². The molecule has 2 aromatic rings. The highest BCUT2D eigenvalue weighted by atomic mass is 16.5. The number of hydrogen-bond acceptors (Lipinski definition) is 3. The van der Waals surface area contributed by atoms with Gasteiger partial charge in [-0.15, -0.1) is 0 Å². The molecule has 0 heterocycles. The molecule has 0 fully saturated rings. The topological polar surface area (TPSA) is 44.5 Å². The molecule has 2 aromatic carbocycles. The Kier molecular flexibility index (Phi) is 4.51. The molecule has 2 N–H and O–H groups in total. The summed E-state index contributed by atoms with van der Waals surface area (Å²) in [6.07, 6.45) is 1.13. The third kappa shape index (κ3) is 3.23. The number of hydrogen-bond donors (Lipinski definition) is 1. The fourth-order valence-corrected chi connectivity index (χ4v) is 1.97. The van der Waals surface area contributed by atoms with Crippen molar-refractivity contribution in [1.29, 1.82) is 0 Å². The van der Waals surface area contributed by atoms with Crippen molar-refractivity contribution in [3.8, 4) is 17.2 Å². The number of methoxy groups -OCH3 is 1. The molecule has 1 unspecified atom stereocenters.